The van der Waals surface area contributed by atoms with Gasteiger partial charge in [0.2, 0.25) is 0 Å². The van der Waals surface area contributed by atoms with Gasteiger partial charge in [-0.25, -0.2) is 18.2 Å². The van der Waals surface area contributed by atoms with Crippen LogP contribution in [0.2, 0.25) is 10.0 Å². The minimum Gasteiger partial charge on any atom is -0.444 e. The predicted molar refractivity (Wildman–Crippen MR) is 165 cm³/mol. The molecule has 1 aliphatic rings. The highest BCUT2D eigenvalue weighted by Gasteiger charge is 2.31. The number of H-pyrrole nitrogens is 1. The Hall–Kier alpha value is -3.35. The number of nitrogens with zero attached hydrogens (tertiary/aromatic N) is 2. The Labute approximate surface area is 260 Å². The lowest BCUT2D eigenvalue weighted by Crippen LogP contribution is -2.44. The van der Waals surface area contributed by atoms with Crippen molar-refractivity contribution in [3.63, 3.8) is 0 Å². The van der Waals surface area contributed by atoms with E-state index in [4.69, 9.17) is 27.9 Å². The van der Waals surface area contributed by atoms with Gasteiger partial charge in [0.1, 0.15) is 21.3 Å². The first kappa shape index (κ1) is 32.6. The number of fused-ring (bicyclic) bond motifs is 1. The van der Waals surface area contributed by atoms with Gasteiger partial charge < -0.3 is 25.3 Å². The van der Waals surface area contributed by atoms with Crippen molar-refractivity contribution in [2.75, 3.05) is 25.1 Å². The van der Waals surface area contributed by atoms with Crippen LogP contribution in [0.1, 0.15) is 72.6 Å². The van der Waals surface area contributed by atoms with Crippen LogP contribution in [-0.4, -0.2) is 77.9 Å². The van der Waals surface area contributed by atoms with E-state index < -0.39 is 33.5 Å². The van der Waals surface area contributed by atoms with Gasteiger partial charge in [0.05, 0.1) is 33.4 Å². The number of nitrogens with one attached hydrogen (secondary N) is 3. The number of hydrogen-bond donors (Lipinski definition) is 3. The van der Waals surface area contributed by atoms with Gasteiger partial charge in [0.15, 0.2) is 0 Å². The van der Waals surface area contributed by atoms with Crippen molar-refractivity contribution in [3.8, 4) is 0 Å². The van der Waals surface area contributed by atoms with Gasteiger partial charge in [-0.1, -0.05) is 23.2 Å². The van der Waals surface area contributed by atoms with E-state index >= 15 is 0 Å². The molecule has 0 radical (unpaired) electrons. The second-order valence-electron chi connectivity index (χ2n) is 11.6. The summed E-state index contributed by atoms with van der Waals surface area (Å²) in [6.07, 6.45) is 2.13. The molecule has 14 heteroatoms. The SMILES string of the molecule is CC(C)(C)OC(=O)NC[C@H]1CCCN1C(=O)c1ccc(C(=O)N[C@@H](CCS(C)(=O)=O)c2nc3ccc(Cl)cc3[nH]2)cc1Cl. The van der Waals surface area contributed by atoms with Gasteiger partial charge in [-0.15, -0.1) is 0 Å². The maximum atomic E-state index is 13.4. The Morgan fingerprint density at radius 1 is 1.16 bits per heavy atom. The monoisotopic (exact) mass is 651 g/mol. The van der Waals surface area contributed by atoms with Crippen LogP contribution < -0.4 is 10.6 Å². The molecular weight excluding hydrogens is 617 g/mol. The number of likely N-dealkylation sites (tertiary alicyclic amines) is 1. The first-order valence-corrected chi connectivity index (χ1v) is 16.6. The number of halogens is 2. The summed E-state index contributed by atoms with van der Waals surface area (Å²) in [7, 11) is -3.32. The molecule has 0 unspecified atom stereocenters. The molecule has 43 heavy (non-hydrogen) atoms. The Morgan fingerprint density at radius 2 is 1.91 bits per heavy atom. The molecule has 232 valence electrons. The predicted octanol–water partition coefficient (Wildman–Crippen LogP) is 4.90. The van der Waals surface area contributed by atoms with Gasteiger partial charge >= 0.3 is 6.09 Å². The fourth-order valence-corrected chi connectivity index (χ4v) is 5.93. The van der Waals surface area contributed by atoms with Crippen molar-refractivity contribution >= 4 is 62.0 Å². The summed E-state index contributed by atoms with van der Waals surface area (Å²) in [6, 6.07) is 8.50. The van der Waals surface area contributed by atoms with Gasteiger partial charge in [0.25, 0.3) is 11.8 Å². The van der Waals surface area contributed by atoms with Crippen molar-refractivity contribution in [1.29, 1.82) is 0 Å². The first-order chi connectivity index (χ1) is 20.1. The summed E-state index contributed by atoms with van der Waals surface area (Å²) in [5.74, 6) is -0.618. The van der Waals surface area contributed by atoms with Gasteiger partial charge in [0, 0.05) is 36.0 Å². The number of carbonyl (C=O) groups excluding carboxylic acids is 3. The van der Waals surface area contributed by atoms with Crippen LogP contribution in [-0.2, 0) is 14.6 Å². The van der Waals surface area contributed by atoms with Crippen LogP contribution in [0.3, 0.4) is 0 Å². The van der Waals surface area contributed by atoms with E-state index in [1.54, 1.807) is 43.9 Å². The fraction of sp³-hybridized carbons (Fsp3) is 0.448. The number of sulfone groups is 1. The molecule has 0 aliphatic carbocycles. The summed E-state index contributed by atoms with van der Waals surface area (Å²) in [6.45, 7) is 6.06. The standard InChI is InChI=1S/C29H35Cl2N5O6S/c1-29(2,3)42-28(39)32-16-19-6-5-12-36(19)27(38)20-9-7-17(14-21(20)31)26(37)35-23(11-13-43(4,40)41)25-33-22-10-8-18(30)15-24(22)34-25/h7-10,14-15,19,23H,5-6,11-13,16H2,1-4H3,(H,32,39)(H,33,34)(H,35,37)/t19-,23+/m1/s1. The Balaban J connectivity index is 1.47. The third-order valence-electron chi connectivity index (χ3n) is 6.86. The molecule has 1 aliphatic heterocycles. The minimum absolute atomic E-state index is 0.0795. The molecule has 3 N–H and O–H groups in total. The molecule has 0 bridgehead atoms. The van der Waals surface area contributed by atoms with Gasteiger partial charge in [-0.2, -0.15) is 0 Å². The third kappa shape index (κ3) is 8.84. The lowest BCUT2D eigenvalue weighted by Gasteiger charge is -2.26. The highest BCUT2D eigenvalue weighted by molar-refractivity contribution is 7.90. The molecule has 11 nitrogen and oxygen atoms in total. The van der Waals surface area contributed by atoms with Gasteiger partial charge in [-0.3, -0.25) is 9.59 Å². The van der Waals surface area contributed by atoms with E-state index in [2.05, 4.69) is 20.6 Å². The lowest BCUT2D eigenvalue weighted by atomic mass is 10.1. The molecular formula is C29H35Cl2N5O6S. The number of rotatable bonds is 9. The molecule has 0 spiro atoms. The summed E-state index contributed by atoms with van der Waals surface area (Å²) >= 11 is 12.6. The van der Waals surface area contributed by atoms with Crippen LogP contribution in [0.5, 0.6) is 0 Å². The zero-order valence-corrected chi connectivity index (χ0v) is 26.7. The zero-order valence-electron chi connectivity index (χ0n) is 24.4. The largest absolute Gasteiger partial charge is 0.444 e. The van der Waals surface area contributed by atoms with Crippen LogP contribution in [0, 0.1) is 0 Å². The molecule has 0 saturated carbocycles. The summed E-state index contributed by atoms with van der Waals surface area (Å²) in [5, 5.41) is 6.16. The second kappa shape index (κ2) is 13.1. The summed E-state index contributed by atoms with van der Waals surface area (Å²) in [4.78, 5) is 48.1. The van der Waals surface area contributed by atoms with Gasteiger partial charge in [-0.05, 0) is 76.4 Å². The molecule has 3 aromatic rings. The normalized spacial score (nSPS) is 16.2. The van der Waals surface area contributed by atoms with E-state index in [1.807, 2.05) is 0 Å². The number of carbonyl (C=O) groups is 3. The van der Waals surface area contributed by atoms with E-state index in [1.165, 1.54) is 18.2 Å². The molecule has 2 atom stereocenters. The summed E-state index contributed by atoms with van der Waals surface area (Å²) in [5.41, 5.74) is 1.05. The van der Waals surface area contributed by atoms with Crippen LogP contribution in [0.15, 0.2) is 36.4 Å². The summed E-state index contributed by atoms with van der Waals surface area (Å²) < 4.78 is 29.1. The Kier molecular flexibility index (Phi) is 9.93. The number of hydrogen-bond acceptors (Lipinski definition) is 7. The molecule has 2 heterocycles. The number of benzene rings is 2. The number of alkyl carbamates (subject to hydrolysis) is 1. The molecule has 2 aromatic carbocycles. The number of ether oxygens (including phenoxy) is 1. The molecule has 1 saturated heterocycles. The van der Waals surface area contributed by atoms with E-state index in [0.29, 0.717) is 34.8 Å². The van der Waals surface area contributed by atoms with Crippen molar-refractivity contribution in [3.05, 3.63) is 63.4 Å². The Bertz CT molecular complexity index is 1640. The topological polar surface area (TPSA) is 151 Å². The third-order valence-corrected chi connectivity index (χ3v) is 8.38. The van der Waals surface area contributed by atoms with Crippen LogP contribution >= 0.6 is 23.2 Å². The average molecular weight is 653 g/mol. The quantitative estimate of drug-likeness (QED) is 0.298. The Morgan fingerprint density at radius 3 is 2.58 bits per heavy atom. The molecule has 1 fully saturated rings. The van der Waals surface area contributed by atoms with Crippen molar-refractivity contribution in [2.24, 2.45) is 0 Å². The van der Waals surface area contributed by atoms with E-state index in [-0.39, 0.29) is 46.8 Å². The maximum Gasteiger partial charge on any atom is 0.407 e. The number of imidazole rings is 1. The highest BCUT2D eigenvalue weighted by Crippen LogP contribution is 2.26. The number of amides is 3. The number of aromatic nitrogens is 2. The second-order valence-corrected chi connectivity index (χ2v) is 14.7. The highest BCUT2D eigenvalue weighted by atomic mass is 35.5. The minimum atomic E-state index is -3.32. The van der Waals surface area contributed by atoms with Crippen LogP contribution in [0.25, 0.3) is 11.0 Å². The van der Waals surface area contributed by atoms with E-state index in [9.17, 15) is 22.8 Å². The average Bonchev–Trinajstić information content (AvgIpc) is 3.54. The van der Waals surface area contributed by atoms with Crippen molar-refractivity contribution in [2.45, 2.75) is 57.7 Å². The van der Waals surface area contributed by atoms with Crippen molar-refractivity contribution in [1.82, 2.24) is 25.5 Å². The maximum absolute atomic E-state index is 13.4. The molecule has 3 amide bonds. The lowest BCUT2D eigenvalue weighted by molar-refractivity contribution is 0.0501. The fourth-order valence-electron chi connectivity index (χ4n) is 4.83. The zero-order chi connectivity index (χ0) is 31.5. The molecule has 1 aromatic heterocycles. The smallest absolute Gasteiger partial charge is 0.407 e. The number of aromatic amines is 1. The van der Waals surface area contributed by atoms with Crippen LogP contribution in [0.4, 0.5) is 4.79 Å². The first-order valence-electron chi connectivity index (χ1n) is 13.8. The van der Waals surface area contributed by atoms with E-state index in [0.717, 1.165) is 12.7 Å². The van der Waals surface area contributed by atoms with Crippen molar-refractivity contribution < 1.29 is 27.5 Å². The molecule has 4 rings (SSSR count).